The molecular formula is C52H72N12O9. The van der Waals surface area contributed by atoms with Crippen molar-refractivity contribution in [1.29, 1.82) is 0 Å². The molecule has 73 heavy (non-hydrogen) atoms. The SMILES string of the molecule is CN[C@@H](C)C(=O)N[C@H](C(=O)N1C[C@@H](NC(=O)c2cc(C(=O)N[C@H]3C[C@@H](C(=O)N[C@@H]4CCCc5ccccc54)N(C(=O)[C@@H](NC(=O)[C@H](C)NC)[C@@H](C)O)C3)n[nH]2)C[C@H]1C(=O)NC1CCCc2ccccc21)C(C)C. The number of aliphatic hydroxyl groups excluding tert-OH is 1. The number of rotatable bonds is 18. The van der Waals surface area contributed by atoms with Crippen LogP contribution >= 0.6 is 0 Å². The maximum Gasteiger partial charge on any atom is 0.272 e. The van der Waals surface area contributed by atoms with Gasteiger partial charge in [0.25, 0.3) is 11.8 Å². The van der Waals surface area contributed by atoms with E-state index in [1.807, 2.05) is 48.5 Å². The molecule has 1 unspecified atom stereocenters. The number of nitrogens with one attached hydrogen (secondary N) is 9. The van der Waals surface area contributed by atoms with Crippen molar-refractivity contribution in [1.82, 2.24) is 62.5 Å². The van der Waals surface area contributed by atoms with E-state index in [1.54, 1.807) is 41.8 Å². The molecule has 21 heteroatoms. The predicted octanol–water partition coefficient (Wildman–Crippen LogP) is 0.418. The molecule has 21 nitrogen and oxygen atoms in total. The van der Waals surface area contributed by atoms with Crippen molar-refractivity contribution in [3.8, 4) is 0 Å². The molecule has 2 saturated heterocycles. The summed E-state index contributed by atoms with van der Waals surface area (Å²) in [7, 11) is 3.22. The first-order valence-corrected chi connectivity index (χ1v) is 25.6. The molecule has 2 aliphatic carbocycles. The van der Waals surface area contributed by atoms with Crippen molar-refractivity contribution >= 4 is 47.3 Å². The number of fused-ring (bicyclic) bond motifs is 2. The number of benzene rings is 2. The van der Waals surface area contributed by atoms with E-state index in [4.69, 9.17) is 0 Å². The zero-order chi connectivity index (χ0) is 52.7. The monoisotopic (exact) mass is 1010 g/mol. The Hall–Kier alpha value is -6.71. The van der Waals surface area contributed by atoms with Gasteiger partial charge in [0.15, 0.2) is 5.69 Å². The summed E-state index contributed by atoms with van der Waals surface area (Å²) in [6, 6.07) is 9.25. The summed E-state index contributed by atoms with van der Waals surface area (Å²) in [5.74, 6) is -4.61. The van der Waals surface area contributed by atoms with Crippen molar-refractivity contribution < 1.29 is 43.5 Å². The van der Waals surface area contributed by atoms with E-state index >= 15 is 0 Å². The molecule has 0 spiro atoms. The van der Waals surface area contributed by atoms with Crippen molar-refractivity contribution in [2.45, 2.75) is 153 Å². The quantitative estimate of drug-likeness (QED) is 0.0830. The van der Waals surface area contributed by atoms with Crippen LogP contribution in [0.5, 0.6) is 0 Å². The molecule has 0 bridgehead atoms. The van der Waals surface area contributed by atoms with Gasteiger partial charge in [-0.25, -0.2) is 0 Å². The minimum Gasteiger partial charge on any atom is -0.391 e. The van der Waals surface area contributed by atoms with Crippen LogP contribution in [-0.2, 0) is 41.6 Å². The number of nitrogens with zero attached hydrogens (tertiary/aromatic N) is 3. The van der Waals surface area contributed by atoms with Gasteiger partial charge in [0.05, 0.1) is 30.3 Å². The Balaban J connectivity index is 1.05. The van der Waals surface area contributed by atoms with E-state index in [0.717, 1.165) is 47.9 Å². The zero-order valence-electron chi connectivity index (χ0n) is 42.8. The Morgan fingerprint density at radius 3 is 1.55 bits per heavy atom. The number of likely N-dealkylation sites (N-methyl/N-ethyl adjacent to an activating group) is 2. The number of aliphatic hydroxyl groups is 1. The largest absolute Gasteiger partial charge is 0.391 e. The molecule has 8 amide bonds. The van der Waals surface area contributed by atoms with E-state index in [9.17, 15) is 43.5 Å². The van der Waals surface area contributed by atoms with Gasteiger partial charge >= 0.3 is 0 Å². The first-order valence-electron chi connectivity index (χ1n) is 25.6. The second kappa shape index (κ2) is 23.9. The Bertz CT molecular complexity index is 2360. The van der Waals surface area contributed by atoms with Gasteiger partial charge in [-0.1, -0.05) is 62.4 Å². The van der Waals surface area contributed by atoms with E-state index < -0.39 is 89.9 Å². The Morgan fingerprint density at radius 2 is 1.08 bits per heavy atom. The summed E-state index contributed by atoms with van der Waals surface area (Å²) >= 11 is 0. The number of amides is 8. The van der Waals surface area contributed by atoms with Gasteiger partial charge in [0.2, 0.25) is 35.4 Å². The number of aryl methyl sites for hydroxylation is 2. The van der Waals surface area contributed by atoms with Crippen molar-refractivity contribution in [3.05, 3.63) is 88.2 Å². The third-order valence-electron chi connectivity index (χ3n) is 14.8. The minimum atomic E-state index is -1.40. The standard InChI is InChI=1S/C52H72N12O9/c1-27(2)43(59-45(66)28(3)53-6)51(72)63-25-33(22-41(63)49(70)57-37-20-12-16-31-14-8-10-18-35(31)37)55-47(68)39-24-40(62-61-39)48(69)56-34-23-42(50(71)58-38-21-13-17-32-15-9-11-19-36(32)38)64(26-34)52(73)44(30(5)65)60-46(67)29(4)54-7/h8-11,14-15,18-19,24,27-30,33-34,37-38,41-44,53-54,65H,12-13,16-17,20-23,25-26H2,1-7H3,(H,55,68)(H,56,69)(H,57,70)(H,58,71)(H,59,66)(H,60,67)(H,61,62)/t28-,29-,30+,33-,34-,37?,38+,41-,42-,43-,44-/m0/s1. The van der Waals surface area contributed by atoms with Crippen molar-refractivity contribution in [3.63, 3.8) is 0 Å². The summed E-state index contributed by atoms with van der Waals surface area (Å²) < 4.78 is 0. The van der Waals surface area contributed by atoms with Crippen molar-refractivity contribution in [2.75, 3.05) is 27.2 Å². The number of carbonyl (C=O) groups excluding carboxylic acids is 8. The summed E-state index contributed by atoms with van der Waals surface area (Å²) in [4.78, 5) is 114. The maximum atomic E-state index is 14.4. The van der Waals surface area contributed by atoms with Crippen molar-refractivity contribution in [2.24, 2.45) is 5.92 Å². The summed E-state index contributed by atoms with van der Waals surface area (Å²) in [6.07, 6.45) is 3.62. The number of H-pyrrole nitrogens is 1. The van der Waals surface area contributed by atoms with Crippen LogP contribution in [0, 0.1) is 5.92 Å². The lowest BCUT2D eigenvalue weighted by Gasteiger charge is -2.32. The summed E-state index contributed by atoms with van der Waals surface area (Å²) in [5.41, 5.74) is 4.03. The van der Waals surface area contributed by atoms with E-state index in [1.165, 1.54) is 22.8 Å². The fraction of sp³-hybridized carbons (Fsp3) is 0.558. The van der Waals surface area contributed by atoms with Gasteiger partial charge in [-0.2, -0.15) is 5.10 Å². The number of hydrogen-bond donors (Lipinski definition) is 10. The molecule has 394 valence electrons. The van der Waals surface area contributed by atoms with Gasteiger partial charge in [-0.15, -0.1) is 0 Å². The van der Waals surface area contributed by atoms with E-state index in [-0.39, 0.29) is 67.1 Å². The number of hydrogen-bond acceptors (Lipinski definition) is 12. The molecule has 7 rings (SSSR count). The second-order valence-electron chi connectivity index (χ2n) is 20.3. The first-order chi connectivity index (χ1) is 34.9. The van der Waals surface area contributed by atoms with Gasteiger partial charge in [-0.3, -0.25) is 43.5 Å². The van der Waals surface area contributed by atoms with Crippen LogP contribution < -0.4 is 42.5 Å². The number of carbonyl (C=O) groups is 8. The Labute approximate surface area is 425 Å². The van der Waals surface area contributed by atoms with Gasteiger partial charge in [-0.05, 0) is 114 Å². The van der Waals surface area contributed by atoms with Crippen LogP contribution in [0.15, 0.2) is 54.6 Å². The molecule has 3 heterocycles. The molecule has 10 N–H and O–H groups in total. The molecule has 2 aliphatic heterocycles. The van der Waals surface area contributed by atoms with Gasteiger partial charge < -0.3 is 57.4 Å². The Kier molecular flexibility index (Phi) is 17.7. The van der Waals surface area contributed by atoms with E-state index in [2.05, 4.69) is 52.7 Å². The molecule has 11 atom stereocenters. The third-order valence-corrected chi connectivity index (χ3v) is 14.8. The fourth-order valence-corrected chi connectivity index (χ4v) is 10.4. The van der Waals surface area contributed by atoms with Crippen LogP contribution in [0.25, 0.3) is 0 Å². The minimum absolute atomic E-state index is 0.00237. The third kappa shape index (κ3) is 12.6. The van der Waals surface area contributed by atoms with Crippen LogP contribution in [0.2, 0.25) is 0 Å². The van der Waals surface area contributed by atoms with Gasteiger partial charge in [0.1, 0.15) is 29.9 Å². The lowest BCUT2D eigenvalue weighted by Crippen LogP contribution is -2.59. The number of aromatic amines is 1. The number of likely N-dealkylation sites (tertiary alicyclic amines) is 2. The molecule has 3 aromatic rings. The van der Waals surface area contributed by atoms with Gasteiger partial charge in [0, 0.05) is 31.2 Å². The molecule has 4 aliphatic rings. The highest BCUT2D eigenvalue weighted by Crippen LogP contribution is 2.32. The zero-order valence-corrected chi connectivity index (χ0v) is 42.8. The van der Waals surface area contributed by atoms with Crippen LogP contribution in [-0.4, -0.2) is 154 Å². The second-order valence-corrected chi connectivity index (χ2v) is 20.3. The highest BCUT2D eigenvalue weighted by atomic mass is 16.3. The number of aromatic nitrogens is 2. The molecule has 2 aromatic carbocycles. The highest BCUT2D eigenvalue weighted by molar-refractivity contribution is 5.99. The molecular weight excluding hydrogens is 937 g/mol. The molecule has 1 aromatic heterocycles. The van der Waals surface area contributed by atoms with Crippen LogP contribution in [0.1, 0.15) is 128 Å². The maximum absolute atomic E-state index is 14.4. The normalized spacial score (nSPS) is 23.4. The average Bonchev–Trinajstić information content (AvgIpc) is 4.16. The molecule has 2 fully saturated rings. The topological polar surface area (TPSA) is 288 Å². The summed E-state index contributed by atoms with van der Waals surface area (Å²) in [6.45, 7) is 8.06. The predicted molar refractivity (Wildman–Crippen MR) is 269 cm³/mol. The highest BCUT2D eigenvalue weighted by Gasteiger charge is 2.46. The first kappa shape index (κ1) is 54.1. The van der Waals surface area contributed by atoms with Crippen LogP contribution in [0.4, 0.5) is 0 Å². The van der Waals surface area contributed by atoms with E-state index in [0.29, 0.717) is 12.8 Å². The Morgan fingerprint density at radius 1 is 0.630 bits per heavy atom. The molecule has 0 saturated carbocycles. The molecule has 0 radical (unpaired) electrons. The fourth-order valence-electron chi connectivity index (χ4n) is 10.4. The summed E-state index contributed by atoms with van der Waals surface area (Å²) in [5, 5.41) is 40.7. The lowest BCUT2D eigenvalue weighted by molar-refractivity contribution is -0.144. The van der Waals surface area contributed by atoms with Crippen LogP contribution in [0.3, 0.4) is 0 Å². The smallest absolute Gasteiger partial charge is 0.272 e. The average molecular weight is 1010 g/mol. The lowest BCUT2D eigenvalue weighted by atomic mass is 9.87.